The molecule has 2 N–H and O–H groups in total. The van der Waals surface area contributed by atoms with Crippen LogP contribution in [-0.4, -0.2) is 0 Å². The van der Waals surface area contributed by atoms with Gasteiger partial charge in [-0.15, -0.1) is 0 Å². The van der Waals surface area contributed by atoms with E-state index in [0.717, 1.165) is 12.3 Å². The highest BCUT2D eigenvalue weighted by Crippen LogP contribution is 2.08. The minimum Gasteiger partial charge on any atom is -0.326 e. The van der Waals surface area contributed by atoms with Crippen LogP contribution in [0.25, 0.3) is 6.08 Å². The van der Waals surface area contributed by atoms with Gasteiger partial charge in [0.15, 0.2) is 0 Å². The lowest BCUT2D eigenvalue weighted by atomic mass is 10.1. The van der Waals surface area contributed by atoms with E-state index in [2.05, 4.69) is 50.3 Å². The summed E-state index contributed by atoms with van der Waals surface area (Å²) in [6, 6.07) is 8.35. The molecule has 0 fully saturated rings. The van der Waals surface area contributed by atoms with E-state index in [-0.39, 0.29) is 0 Å². The van der Waals surface area contributed by atoms with E-state index in [1.165, 1.54) is 11.1 Å². The zero-order valence-electron chi connectivity index (χ0n) is 9.03. The number of hydrogen-bond acceptors (Lipinski definition) is 1. The van der Waals surface area contributed by atoms with Gasteiger partial charge in [0.05, 0.1) is 0 Å². The Morgan fingerprint density at radius 1 is 1.36 bits per heavy atom. The van der Waals surface area contributed by atoms with Crippen LogP contribution in [-0.2, 0) is 6.54 Å². The Kier molecular flexibility index (Phi) is 4.41. The molecule has 0 aliphatic rings. The van der Waals surface area contributed by atoms with Gasteiger partial charge in [0.2, 0.25) is 0 Å². The first-order valence-corrected chi connectivity index (χ1v) is 5.18. The van der Waals surface area contributed by atoms with Crippen LogP contribution in [0.15, 0.2) is 30.3 Å². The van der Waals surface area contributed by atoms with E-state index in [1.807, 2.05) is 0 Å². The van der Waals surface area contributed by atoms with Crippen LogP contribution in [0, 0.1) is 5.92 Å². The fourth-order valence-corrected chi connectivity index (χ4v) is 1.30. The van der Waals surface area contributed by atoms with Crippen molar-refractivity contribution in [3.05, 3.63) is 41.5 Å². The lowest BCUT2D eigenvalue weighted by Crippen LogP contribution is -1.95. The molecule has 0 unspecified atom stereocenters. The van der Waals surface area contributed by atoms with Crippen LogP contribution in [0.2, 0.25) is 0 Å². The van der Waals surface area contributed by atoms with Crippen LogP contribution in [0.4, 0.5) is 0 Å². The summed E-state index contributed by atoms with van der Waals surface area (Å²) in [6.07, 6.45) is 5.52. The largest absolute Gasteiger partial charge is 0.326 e. The maximum absolute atomic E-state index is 5.57. The second kappa shape index (κ2) is 5.61. The Morgan fingerprint density at radius 3 is 2.79 bits per heavy atom. The molecule has 0 heterocycles. The lowest BCUT2D eigenvalue weighted by molar-refractivity contribution is 0.665. The topological polar surface area (TPSA) is 26.0 Å². The van der Waals surface area contributed by atoms with Crippen molar-refractivity contribution >= 4 is 6.08 Å². The molecule has 76 valence electrons. The normalized spacial score (nSPS) is 11.4. The van der Waals surface area contributed by atoms with Crippen molar-refractivity contribution in [2.75, 3.05) is 0 Å². The summed E-state index contributed by atoms with van der Waals surface area (Å²) in [5, 5.41) is 0. The molecule has 0 saturated carbocycles. The average molecular weight is 189 g/mol. The van der Waals surface area contributed by atoms with Crippen molar-refractivity contribution in [1.29, 1.82) is 0 Å². The molecule has 0 atom stereocenters. The number of hydrogen-bond donors (Lipinski definition) is 1. The summed E-state index contributed by atoms with van der Waals surface area (Å²) in [5.74, 6) is 0.726. The monoisotopic (exact) mass is 189 g/mol. The molecule has 1 aromatic rings. The molecule has 0 amide bonds. The Balaban J connectivity index is 2.62. The predicted octanol–water partition coefficient (Wildman–Crippen LogP) is 3.20. The van der Waals surface area contributed by atoms with Gasteiger partial charge in [-0.2, -0.15) is 0 Å². The molecular weight excluding hydrogens is 170 g/mol. The fourth-order valence-electron chi connectivity index (χ4n) is 1.30. The van der Waals surface area contributed by atoms with Gasteiger partial charge >= 0.3 is 0 Å². The Bertz CT molecular complexity index is 300. The third-order valence-corrected chi connectivity index (χ3v) is 2.10. The molecule has 0 spiro atoms. The van der Waals surface area contributed by atoms with E-state index in [1.54, 1.807) is 0 Å². The second-order valence-corrected chi connectivity index (χ2v) is 3.98. The average Bonchev–Trinajstić information content (AvgIpc) is 2.18. The molecule has 0 aliphatic carbocycles. The minimum atomic E-state index is 0.617. The SMILES string of the molecule is CC(C)CC=Cc1cccc(CN)c1. The smallest absolute Gasteiger partial charge is 0.0178 e. The zero-order chi connectivity index (χ0) is 10.4. The Morgan fingerprint density at radius 2 is 2.14 bits per heavy atom. The van der Waals surface area contributed by atoms with E-state index in [4.69, 9.17) is 5.73 Å². The molecule has 1 nitrogen and oxygen atoms in total. The number of rotatable bonds is 4. The van der Waals surface area contributed by atoms with Gasteiger partial charge in [-0.1, -0.05) is 50.3 Å². The highest BCUT2D eigenvalue weighted by atomic mass is 14.5. The van der Waals surface area contributed by atoms with Crippen molar-refractivity contribution in [3.63, 3.8) is 0 Å². The molecular formula is C13H19N. The zero-order valence-corrected chi connectivity index (χ0v) is 9.03. The first-order chi connectivity index (χ1) is 6.72. The molecule has 1 rings (SSSR count). The molecule has 1 heteroatoms. The second-order valence-electron chi connectivity index (χ2n) is 3.98. The van der Waals surface area contributed by atoms with E-state index >= 15 is 0 Å². The van der Waals surface area contributed by atoms with Gasteiger partial charge in [-0.25, -0.2) is 0 Å². The number of nitrogens with two attached hydrogens (primary N) is 1. The molecule has 0 aromatic heterocycles. The van der Waals surface area contributed by atoms with E-state index in [0.29, 0.717) is 6.54 Å². The maximum atomic E-state index is 5.57. The van der Waals surface area contributed by atoms with Crippen LogP contribution in [0.3, 0.4) is 0 Å². The van der Waals surface area contributed by atoms with Crippen LogP contribution in [0.1, 0.15) is 31.4 Å². The number of benzene rings is 1. The molecule has 0 bridgehead atoms. The quantitative estimate of drug-likeness (QED) is 0.773. The summed E-state index contributed by atoms with van der Waals surface area (Å²) in [6.45, 7) is 5.06. The lowest BCUT2D eigenvalue weighted by Gasteiger charge is -1.99. The summed E-state index contributed by atoms with van der Waals surface area (Å²) in [4.78, 5) is 0. The highest BCUT2D eigenvalue weighted by Gasteiger charge is 1.91. The standard InChI is InChI=1S/C13H19N/c1-11(2)5-3-6-12-7-4-8-13(9-12)10-14/h3-4,6-9,11H,5,10,14H2,1-2H3. The minimum absolute atomic E-state index is 0.617. The van der Waals surface area contributed by atoms with Gasteiger partial charge in [-0.3, -0.25) is 0 Å². The Hall–Kier alpha value is -1.08. The van der Waals surface area contributed by atoms with Gasteiger partial charge in [-0.05, 0) is 23.5 Å². The Labute approximate surface area is 86.6 Å². The summed E-state index contributed by atoms with van der Waals surface area (Å²) in [7, 11) is 0. The molecule has 0 radical (unpaired) electrons. The third kappa shape index (κ3) is 3.75. The summed E-state index contributed by atoms with van der Waals surface area (Å²) in [5.41, 5.74) is 8.01. The van der Waals surface area contributed by atoms with Crippen molar-refractivity contribution < 1.29 is 0 Å². The summed E-state index contributed by atoms with van der Waals surface area (Å²) >= 11 is 0. The summed E-state index contributed by atoms with van der Waals surface area (Å²) < 4.78 is 0. The van der Waals surface area contributed by atoms with Crippen molar-refractivity contribution in [1.82, 2.24) is 0 Å². The van der Waals surface area contributed by atoms with Gasteiger partial charge in [0.1, 0.15) is 0 Å². The third-order valence-electron chi connectivity index (χ3n) is 2.10. The molecule has 0 aliphatic heterocycles. The number of allylic oxidation sites excluding steroid dienone is 1. The van der Waals surface area contributed by atoms with E-state index < -0.39 is 0 Å². The predicted molar refractivity (Wildman–Crippen MR) is 62.8 cm³/mol. The highest BCUT2D eigenvalue weighted by molar-refractivity contribution is 5.50. The molecule has 0 saturated heterocycles. The van der Waals surface area contributed by atoms with Crippen molar-refractivity contribution in [2.45, 2.75) is 26.8 Å². The first kappa shape index (κ1) is 11.0. The van der Waals surface area contributed by atoms with Crippen LogP contribution < -0.4 is 5.73 Å². The van der Waals surface area contributed by atoms with Crippen molar-refractivity contribution in [3.8, 4) is 0 Å². The van der Waals surface area contributed by atoms with Gasteiger partial charge in [0, 0.05) is 6.54 Å². The van der Waals surface area contributed by atoms with Gasteiger partial charge < -0.3 is 5.73 Å². The molecule has 1 aromatic carbocycles. The maximum Gasteiger partial charge on any atom is 0.0178 e. The van der Waals surface area contributed by atoms with Crippen LogP contribution in [0.5, 0.6) is 0 Å². The first-order valence-electron chi connectivity index (χ1n) is 5.18. The fraction of sp³-hybridized carbons (Fsp3) is 0.385. The van der Waals surface area contributed by atoms with Gasteiger partial charge in [0.25, 0.3) is 0 Å². The van der Waals surface area contributed by atoms with Crippen molar-refractivity contribution in [2.24, 2.45) is 11.7 Å². The van der Waals surface area contributed by atoms with Crippen LogP contribution >= 0.6 is 0 Å². The van der Waals surface area contributed by atoms with E-state index in [9.17, 15) is 0 Å². The molecule has 14 heavy (non-hydrogen) atoms.